The number of nitrogens with one attached hydrogen (secondary N) is 2. The molecule has 0 bridgehead atoms. The molecule has 2 fully saturated rings. The predicted molar refractivity (Wildman–Crippen MR) is 66.8 cm³/mol. The molecule has 3 unspecified atom stereocenters. The summed E-state index contributed by atoms with van der Waals surface area (Å²) in [6.45, 7) is 4.25. The van der Waals surface area contributed by atoms with Crippen LogP contribution in [0.5, 0.6) is 0 Å². The second-order valence-electron chi connectivity index (χ2n) is 5.31. The lowest BCUT2D eigenvalue weighted by molar-refractivity contribution is -0.127. The Morgan fingerprint density at radius 2 is 2.12 bits per heavy atom. The van der Waals surface area contributed by atoms with Crippen molar-refractivity contribution >= 4 is 5.91 Å². The third kappa shape index (κ3) is 3.68. The van der Waals surface area contributed by atoms with Gasteiger partial charge < -0.3 is 15.4 Å². The molecule has 0 aromatic carbocycles. The molecule has 1 aliphatic carbocycles. The van der Waals surface area contributed by atoms with Crippen LogP contribution in [0.2, 0.25) is 0 Å². The molecule has 1 amide bonds. The van der Waals surface area contributed by atoms with Gasteiger partial charge in [0.1, 0.15) is 6.04 Å². The first kappa shape index (κ1) is 12.8. The quantitative estimate of drug-likeness (QED) is 0.710. The standard InChI is InChI=1S/C13H24N2O2/c1-10-5-3-2-4-6-11(10)15-13(16)12-9-17-8-7-14-12/h10-12,14H,2-9H2,1H3,(H,15,16). The predicted octanol–water partition coefficient (Wildman–Crippen LogP) is 1.06. The Balaban J connectivity index is 1.83. The zero-order valence-corrected chi connectivity index (χ0v) is 10.7. The Hall–Kier alpha value is -0.610. The van der Waals surface area contributed by atoms with Crippen LogP contribution in [0.25, 0.3) is 0 Å². The van der Waals surface area contributed by atoms with E-state index < -0.39 is 0 Å². The van der Waals surface area contributed by atoms with E-state index in [1.54, 1.807) is 0 Å². The van der Waals surface area contributed by atoms with E-state index in [0.717, 1.165) is 13.0 Å². The lowest BCUT2D eigenvalue weighted by Crippen LogP contribution is -2.54. The highest BCUT2D eigenvalue weighted by molar-refractivity contribution is 5.82. The van der Waals surface area contributed by atoms with Crippen LogP contribution >= 0.6 is 0 Å². The lowest BCUT2D eigenvalue weighted by atomic mass is 9.96. The minimum Gasteiger partial charge on any atom is -0.378 e. The van der Waals surface area contributed by atoms with Crippen molar-refractivity contribution in [1.29, 1.82) is 0 Å². The van der Waals surface area contributed by atoms with Gasteiger partial charge in [0.05, 0.1) is 13.2 Å². The van der Waals surface area contributed by atoms with Crippen LogP contribution in [0, 0.1) is 5.92 Å². The van der Waals surface area contributed by atoms with E-state index in [2.05, 4.69) is 17.6 Å². The van der Waals surface area contributed by atoms with Gasteiger partial charge in [-0.3, -0.25) is 4.79 Å². The van der Waals surface area contributed by atoms with Crippen LogP contribution in [-0.2, 0) is 9.53 Å². The summed E-state index contributed by atoms with van der Waals surface area (Å²) in [6.07, 6.45) is 6.21. The summed E-state index contributed by atoms with van der Waals surface area (Å²) in [5, 5.41) is 6.40. The number of hydrogen-bond acceptors (Lipinski definition) is 3. The average molecular weight is 240 g/mol. The number of rotatable bonds is 2. The van der Waals surface area contributed by atoms with Crippen molar-refractivity contribution in [3.63, 3.8) is 0 Å². The molecule has 0 radical (unpaired) electrons. The molecule has 4 heteroatoms. The highest BCUT2D eigenvalue weighted by atomic mass is 16.5. The largest absolute Gasteiger partial charge is 0.378 e. The Morgan fingerprint density at radius 3 is 2.88 bits per heavy atom. The van der Waals surface area contributed by atoms with Crippen molar-refractivity contribution in [1.82, 2.24) is 10.6 Å². The minimum atomic E-state index is -0.154. The molecule has 2 aliphatic rings. The normalized spacial score (nSPS) is 35.0. The SMILES string of the molecule is CC1CCCCCC1NC(=O)C1COCCN1. The van der Waals surface area contributed by atoms with Crippen LogP contribution < -0.4 is 10.6 Å². The molecule has 98 valence electrons. The highest BCUT2D eigenvalue weighted by Crippen LogP contribution is 2.22. The van der Waals surface area contributed by atoms with Gasteiger partial charge in [-0.15, -0.1) is 0 Å². The molecule has 17 heavy (non-hydrogen) atoms. The minimum absolute atomic E-state index is 0.114. The molecule has 4 nitrogen and oxygen atoms in total. The zero-order chi connectivity index (χ0) is 12.1. The third-order valence-corrected chi connectivity index (χ3v) is 3.93. The molecule has 2 rings (SSSR count). The van der Waals surface area contributed by atoms with Crippen molar-refractivity contribution < 1.29 is 9.53 Å². The Morgan fingerprint density at radius 1 is 1.29 bits per heavy atom. The highest BCUT2D eigenvalue weighted by Gasteiger charge is 2.26. The fraction of sp³-hybridized carbons (Fsp3) is 0.923. The van der Waals surface area contributed by atoms with Crippen molar-refractivity contribution in [2.24, 2.45) is 5.92 Å². The van der Waals surface area contributed by atoms with Gasteiger partial charge >= 0.3 is 0 Å². The van der Waals surface area contributed by atoms with Crippen LogP contribution in [0.4, 0.5) is 0 Å². The summed E-state index contributed by atoms with van der Waals surface area (Å²) in [4.78, 5) is 12.1. The van der Waals surface area contributed by atoms with Crippen molar-refractivity contribution in [3.05, 3.63) is 0 Å². The molecule has 0 aromatic rings. The van der Waals surface area contributed by atoms with Crippen LogP contribution in [-0.4, -0.2) is 37.7 Å². The van der Waals surface area contributed by atoms with Crippen molar-refractivity contribution in [2.45, 2.75) is 51.1 Å². The lowest BCUT2D eigenvalue weighted by Gasteiger charge is -2.28. The van der Waals surface area contributed by atoms with Crippen molar-refractivity contribution in [2.75, 3.05) is 19.8 Å². The number of hydrogen-bond donors (Lipinski definition) is 2. The summed E-state index contributed by atoms with van der Waals surface area (Å²) in [5.41, 5.74) is 0. The number of morpholine rings is 1. The van der Waals surface area contributed by atoms with Crippen LogP contribution in [0.15, 0.2) is 0 Å². The second-order valence-corrected chi connectivity index (χ2v) is 5.31. The van der Waals surface area contributed by atoms with E-state index in [-0.39, 0.29) is 11.9 Å². The summed E-state index contributed by atoms with van der Waals surface area (Å²) in [5.74, 6) is 0.717. The van der Waals surface area contributed by atoms with Gasteiger partial charge in [-0.05, 0) is 18.8 Å². The van der Waals surface area contributed by atoms with Crippen LogP contribution in [0.3, 0.4) is 0 Å². The van der Waals surface area contributed by atoms with E-state index in [9.17, 15) is 4.79 Å². The topological polar surface area (TPSA) is 50.4 Å². The molecule has 1 saturated carbocycles. The molecule has 3 atom stereocenters. The summed E-state index contributed by atoms with van der Waals surface area (Å²) < 4.78 is 5.32. The maximum atomic E-state index is 12.1. The molecule has 2 N–H and O–H groups in total. The molecule has 0 aromatic heterocycles. The first-order chi connectivity index (χ1) is 8.27. The number of carbonyl (C=O) groups is 1. The fourth-order valence-corrected chi connectivity index (χ4v) is 2.72. The van der Waals surface area contributed by atoms with Crippen molar-refractivity contribution in [3.8, 4) is 0 Å². The number of carbonyl (C=O) groups excluding carboxylic acids is 1. The molecule has 1 aliphatic heterocycles. The van der Waals surface area contributed by atoms with E-state index in [0.29, 0.717) is 25.2 Å². The van der Waals surface area contributed by atoms with Gasteiger partial charge in [-0.25, -0.2) is 0 Å². The first-order valence-electron chi connectivity index (χ1n) is 6.89. The van der Waals surface area contributed by atoms with E-state index >= 15 is 0 Å². The summed E-state index contributed by atoms with van der Waals surface area (Å²) >= 11 is 0. The van der Waals surface area contributed by atoms with Gasteiger partial charge in [0.25, 0.3) is 0 Å². The summed E-state index contributed by atoms with van der Waals surface area (Å²) in [7, 11) is 0. The van der Waals surface area contributed by atoms with E-state index in [1.807, 2.05) is 0 Å². The van der Waals surface area contributed by atoms with Gasteiger partial charge in [-0.1, -0.05) is 26.2 Å². The van der Waals surface area contributed by atoms with Gasteiger partial charge in [0, 0.05) is 12.6 Å². The zero-order valence-electron chi connectivity index (χ0n) is 10.7. The number of ether oxygens (including phenoxy) is 1. The average Bonchev–Trinajstić information content (AvgIpc) is 2.56. The molecular formula is C13H24N2O2. The van der Waals surface area contributed by atoms with Gasteiger partial charge in [0.2, 0.25) is 5.91 Å². The number of amides is 1. The monoisotopic (exact) mass is 240 g/mol. The first-order valence-corrected chi connectivity index (χ1v) is 6.89. The second kappa shape index (κ2) is 6.36. The molecule has 1 saturated heterocycles. The van der Waals surface area contributed by atoms with Crippen LogP contribution in [0.1, 0.15) is 39.0 Å². The molecule has 0 spiro atoms. The maximum Gasteiger partial charge on any atom is 0.239 e. The molecule has 1 heterocycles. The fourth-order valence-electron chi connectivity index (χ4n) is 2.72. The molecular weight excluding hydrogens is 216 g/mol. The summed E-state index contributed by atoms with van der Waals surface area (Å²) in [6, 6.07) is 0.202. The Kier molecular flexibility index (Phi) is 4.80. The van der Waals surface area contributed by atoms with Gasteiger partial charge in [0.15, 0.2) is 0 Å². The third-order valence-electron chi connectivity index (χ3n) is 3.93. The van der Waals surface area contributed by atoms with Gasteiger partial charge in [-0.2, -0.15) is 0 Å². The Bertz CT molecular complexity index is 252. The smallest absolute Gasteiger partial charge is 0.239 e. The van der Waals surface area contributed by atoms with E-state index in [1.165, 1.54) is 25.7 Å². The van der Waals surface area contributed by atoms with E-state index in [4.69, 9.17) is 4.74 Å². The maximum absolute atomic E-state index is 12.1. The Labute approximate surface area is 103 Å².